The molecule has 21 heavy (non-hydrogen) atoms. The molecule has 0 bridgehead atoms. The van der Waals surface area contributed by atoms with E-state index in [0.717, 1.165) is 51.4 Å². The highest BCUT2D eigenvalue weighted by molar-refractivity contribution is 5.75. The first-order chi connectivity index (χ1) is 9.79. The Bertz CT molecular complexity index is 361. The van der Waals surface area contributed by atoms with Gasteiger partial charge in [-0.15, -0.1) is 0 Å². The normalized spacial score (nSPS) is 38.2. The number of carbonyl (C=O) groups is 1. The molecule has 2 saturated carbocycles. The van der Waals surface area contributed by atoms with Crippen molar-refractivity contribution in [2.45, 2.75) is 78.2 Å². The van der Waals surface area contributed by atoms with Crippen LogP contribution in [0, 0.1) is 22.7 Å². The van der Waals surface area contributed by atoms with E-state index in [1.165, 1.54) is 0 Å². The molecule has 1 N–H and O–H groups in total. The van der Waals surface area contributed by atoms with E-state index < -0.39 is 11.4 Å². The highest BCUT2D eigenvalue weighted by Crippen LogP contribution is 2.52. The van der Waals surface area contributed by atoms with Crippen LogP contribution >= 0.6 is 0 Å². The number of carboxylic acids is 1. The fraction of sp³-hybridized carbons (Fsp3) is 0.944. The van der Waals surface area contributed by atoms with Gasteiger partial charge in [0.15, 0.2) is 0 Å². The van der Waals surface area contributed by atoms with E-state index >= 15 is 0 Å². The maximum Gasteiger partial charge on any atom is 0.309 e. The van der Waals surface area contributed by atoms with Gasteiger partial charge < -0.3 is 9.84 Å². The molecule has 122 valence electrons. The molecular formula is C18H32O3. The molecule has 0 amide bonds. The molecule has 2 aliphatic carbocycles. The van der Waals surface area contributed by atoms with Crippen LogP contribution in [0.2, 0.25) is 0 Å². The third-order valence-corrected chi connectivity index (χ3v) is 6.27. The zero-order valence-electron chi connectivity index (χ0n) is 14.2. The molecule has 3 heteroatoms. The molecule has 0 aromatic heterocycles. The van der Waals surface area contributed by atoms with E-state index in [0.29, 0.717) is 17.3 Å². The maximum atomic E-state index is 12.1. The lowest BCUT2D eigenvalue weighted by molar-refractivity contribution is -0.159. The molecule has 2 aliphatic rings. The van der Waals surface area contributed by atoms with Crippen molar-refractivity contribution in [2.75, 3.05) is 7.11 Å². The summed E-state index contributed by atoms with van der Waals surface area (Å²) in [5, 5.41) is 9.95. The summed E-state index contributed by atoms with van der Waals surface area (Å²) >= 11 is 0. The van der Waals surface area contributed by atoms with E-state index in [1.807, 2.05) is 0 Å². The molecule has 0 aromatic rings. The zero-order chi connectivity index (χ0) is 15.7. The van der Waals surface area contributed by atoms with E-state index in [-0.39, 0.29) is 6.10 Å². The second-order valence-electron chi connectivity index (χ2n) is 8.32. The Morgan fingerprint density at radius 3 is 2.24 bits per heavy atom. The molecule has 2 unspecified atom stereocenters. The Morgan fingerprint density at radius 1 is 1.14 bits per heavy atom. The second kappa shape index (κ2) is 6.28. The van der Waals surface area contributed by atoms with Crippen LogP contribution in [0.4, 0.5) is 0 Å². The van der Waals surface area contributed by atoms with Crippen molar-refractivity contribution in [2.24, 2.45) is 22.7 Å². The minimum atomic E-state index is -0.559. The summed E-state index contributed by atoms with van der Waals surface area (Å²) < 4.78 is 5.52. The van der Waals surface area contributed by atoms with Crippen molar-refractivity contribution in [3.8, 4) is 0 Å². The molecule has 0 spiro atoms. The number of rotatable bonds is 3. The highest BCUT2D eigenvalue weighted by atomic mass is 16.5. The summed E-state index contributed by atoms with van der Waals surface area (Å²) in [5.74, 6) is 0.401. The molecule has 0 radical (unpaired) electrons. The van der Waals surface area contributed by atoms with Gasteiger partial charge in [-0.05, 0) is 62.2 Å². The summed E-state index contributed by atoms with van der Waals surface area (Å²) in [6.45, 7) is 6.85. The third-order valence-electron chi connectivity index (χ3n) is 6.27. The Kier molecular flexibility index (Phi) is 5.02. The van der Waals surface area contributed by atoms with Crippen LogP contribution in [-0.4, -0.2) is 24.3 Å². The van der Waals surface area contributed by atoms with Gasteiger partial charge in [0.25, 0.3) is 0 Å². The highest BCUT2D eigenvalue weighted by Gasteiger charge is 2.50. The minimum absolute atomic E-state index is 0.264. The van der Waals surface area contributed by atoms with Gasteiger partial charge in [-0.1, -0.05) is 27.2 Å². The molecule has 0 aliphatic heterocycles. The zero-order valence-corrected chi connectivity index (χ0v) is 14.2. The van der Waals surface area contributed by atoms with Gasteiger partial charge in [0.2, 0.25) is 0 Å². The van der Waals surface area contributed by atoms with Crippen molar-refractivity contribution in [1.29, 1.82) is 0 Å². The van der Waals surface area contributed by atoms with Crippen molar-refractivity contribution >= 4 is 5.97 Å². The smallest absolute Gasteiger partial charge is 0.309 e. The van der Waals surface area contributed by atoms with Gasteiger partial charge in [0, 0.05) is 7.11 Å². The van der Waals surface area contributed by atoms with Crippen molar-refractivity contribution in [1.82, 2.24) is 0 Å². The van der Waals surface area contributed by atoms with Crippen LogP contribution in [0.15, 0.2) is 0 Å². The summed E-state index contributed by atoms with van der Waals surface area (Å²) in [6, 6.07) is 0. The lowest BCUT2D eigenvalue weighted by atomic mass is 9.57. The molecular weight excluding hydrogens is 264 g/mol. The predicted octanol–water partition coefficient (Wildman–Crippen LogP) is 4.50. The SMILES string of the molecule is COC1CCCC(C2(C(=O)O)CCC(C(C)(C)C)CC2)C1. The Morgan fingerprint density at radius 2 is 1.76 bits per heavy atom. The van der Waals surface area contributed by atoms with Gasteiger partial charge in [-0.2, -0.15) is 0 Å². The third kappa shape index (κ3) is 3.44. The second-order valence-corrected chi connectivity index (χ2v) is 8.32. The van der Waals surface area contributed by atoms with Gasteiger partial charge >= 0.3 is 5.97 Å². The average Bonchev–Trinajstić information content (AvgIpc) is 2.46. The lowest BCUT2D eigenvalue weighted by Gasteiger charge is -2.47. The largest absolute Gasteiger partial charge is 0.481 e. The molecule has 2 rings (SSSR count). The Balaban J connectivity index is 2.11. The van der Waals surface area contributed by atoms with Gasteiger partial charge in [0.1, 0.15) is 0 Å². The van der Waals surface area contributed by atoms with Crippen LogP contribution < -0.4 is 0 Å². The summed E-state index contributed by atoms with van der Waals surface area (Å²) in [7, 11) is 1.76. The molecule has 0 saturated heterocycles. The van der Waals surface area contributed by atoms with Crippen molar-refractivity contribution in [3.63, 3.8) is 0 Å². The number of aliphatic carboxylic acids is 1. The first-order valence-corrected chi connectivity index (χ1v) is 8.56. The van der Waals surface area contributed by atoms with Crippen LogP contribution in [-0.2, 0) is 9.53 Å². The lowest BCUT2D eigenvalue weighted by Crippen LogP contribution is -2.45. The topological polar surface area (TPSA) is 46.5 Å². The number of hydrogen-bond donors (Lipinski definition) is 1. The van der Waals surface area contributed by atoms with Gasteiger partial charge in [-0.25, -0.2) is 0 Å². The van der Waals surface area contributed by atoms with E-state index in [2.05, 4.69) is 20.8 Å². The van der Waals surface area contributed by atoms with Crippen molar-refractivity contribution in [3.05, 3.63) is 0 Å². The molecule has 0 heterocycles. The van der Waals surface area contributed by atoms with E-state index in [4.69, 9.17) is 4.74 Å². The number of hydrogen-bond acceptors (Lipinski definition) is 2. The fourth-order valence-electron chi connectivity index (χ4n) is 4.66. The van der Waals surface area contributed by atoms with Crippen LogP contribution in [0.5, 0.6) is 0 Å². The Labute approximate surface area is 129 Å². The monoisotopic (exact) mass is 296 g/mol. The standard InChI is InChI=1S/C18H32O3/c1-17(2,3)13-8-10-18(11-9-13,16(19)20)14-6-5-7-15(12-14)21-4/h13-15H,5-12H2,1-4H3,(H,19,20). The molecule has 3 nitrogen and oxygen atoms in total. The van der Waals surface area contributed by atoms with Crippen LogP contribution in [0.1, 0.15) is 72.1 Å². The summed E-state index contributed by atoms with van der Waals surface area (Å²) in [6.07, 6.45) is 8.29. The number of carboxylic acid groups (broad SMARTS) is 1. The fourth-order valence-corrected chi connectivity index (χ4v) is 4.66. The van der Waals surface area contributed by atoms with Gasteiger partial charge in [-0.3, -0.25) is 4.79 Å². The van der Waals surface area contributed by atoms with Gasteiger partial charge in [0.05, 0.1) is 11.5 Å². The van der Waals surface area contributed by atoms with Crippen LogP contribution in [0.25, 0.3) is 0 Å². The average molecular weight is 296 g/mol. The first-order valence-electron chi connectivity index (χ1n) is 8.56. The van der Waals surface area contributed by atoms with Crippen LogP contribution in [0.3, 0.4) is 0 Å². The van der Waals surface area contributed by atoms with Crippen molar-refractivity contribution < 1.29 is 14.6 Å². The molecule has 2 fully saturated rings. The summed E-state index contributed by atoms with van der Waals surface area (Å²) in [4.78, 5) is 12.1. The predicted molar refractivity (Wildman–Crippen MR) is 84.2 cm³/mol. The van der Waals surface area contributed by atoms with E-state index in [1.54, 1.807) is 7.11 Å². The number of methoxy groups -OCH3 is 1. The Hall–Kier alpha value is -0.570. The minimum Gasteiger partial charge on any atom is -0.481 e. The maximum absolute atomic E-state index is 12.1. The molecule has 2 atom stereocenters. The quantitative estimate of drug-likeness (QED) is 0.834. The molecule has 0 aromatic carbocycles. The number of ether oxygens (including phenoxy) is 1. The van der Waals surface area contributed by atoms with E-state index in [9.17, 15) is 9.90 Å². The summed E-state index contributed by atoms with van der Waals surface area (Å²) in [5.41, 5.74) is -0.189. The first kappa shape index (κ1) is 16.8.